The summed E-state index contributed by atoms with van der Waals surface area (Å²) in [4.78, 5) is 0. The molecule has 0 aliphatic heterocycles. The van der Waals surface area contributed by atoms with E-state index in [1.165, 1.54) is 0 Å². The fourth-order valence-electron chi connectivity index (χ4n) is 2.21. The highest BCUT2D eigenvalue weighted by molar-refractivity contribution is 6.33. The molecule has 1 fully saturated rings. The zero-order valence-electron chi connectivity index (χ0n) is 8.80. The molecule has 0 aromatic heterocycles. The lowest BCUT2D eigenvalue weighted by Crippen LogP contribution is -2.47. The summed E-state index contributed by atoms with van der Waals surface area (Å²) in [7, 11) is 0. The van der Waals surface area contributed by atoms with Crippen molar-refractivity contribution < 1.29 is 5.11 Å². The molecule has 1 aliphatic carbocycles. The van der Waals surface area contributed by atoms with Crippen molar-refractivity contribution in [3.63, 3.8) is 0 Å². The Morgan fingerprint density at radius 2 is 2.00 bits per heavy atom. The first-order valence-electron chi connectivity index (χ1n) is 5.06. The van der Waals surface area contributed by atoms with Gasteiger partial charge in [-0.3, -0.25) is 0 Å². The minimum Gasteiger partial charge on any atom is -0.393 e. The molecule has 0 heterocycles. The van der Waals surface area contributed by atoms with Crippen LogP contribution in [0.5, 0.6) is 0 Å². The van der Waals surface area contributed by atoms with E-state index in [2.05, 4.69) is 13.8 Å². The Hall–Kier alpha value is -0.240. The summed E-state index contributed by atoms with van der Waals surface area (Å²) in [5.74, 6) is 0.304. The van der Waals surface area contributed by atoms with E-state index in [1.54, 1.807) is 6.07 Å². The van der Waals surface area contributed by atoms with E-state index in [0.717, 1.165) is 17.0 Å². The molecular formula is C12H14Cl2O. The lowest BCUT2D eigenvalue weighted by atomic mass is 9.58. The van der Waals surface area contributed by atoms with Gasteiger partial charge in [-0.25, -0.2) is 0 Å². The van der Waals surface area contributed by atoms with E-state index in [-0.39, 0.29) is 11.5 Å². The van der Waals surface area contributed by atoms with Crippen molar-refractivity contribution in [2.24, 2.45) is 5.41 Å². The minimum atomic E-state index is -0.238. The van der Waals surface area contributed by atoms with Crippen LogP contribution < -0.4 is 0 Å². The van der Waals surface area contributed by atoms with Crippen LogP contribution in [0.25, 0.3) is 0 Å². The van der Waals surface area contributed by atoms with Crippen molar-refractivity contribution >= 4 is 23.2 Å². The Balaban J connectivity index is 2.35. The van der Waals surface area contributed by atoms with E-state index < -0.39 is 0 Å². The Kier molecular flexibility index (Phi) is 2.74. The van der Waals surface area contributed by atoms with Gasteiger partial charge in [0.05, 0.1) is 6.10 Å². The average Bonchev–Trinajstić information content (AvgIpc) is 2.18. The molecule has 1 nitrogen and oxygen atoms in total. The summed E-state index contributed by atoms with van der Waals surface area (Å²) in [6.07, 6.45) is 0.533. The van der Waals surface area contributed by atoms with Crippen LogP contribution >= 0.6 is 23.2 Å². The third-order valence-corrected chi connectivity index (χ3v) is 4.13. The van der Waals surface area contributed by atoms with Crippen LogP contribution in [0.4, 0.5) is 0 Å². The average molecular weight is 245 g/mol. The Morgan fingerprint density at radius 3 is 2.53 bits per heavy atom. The summed E-state index contributed by atoms with van der Waals surface area (Å²) in [6, 6.07) is 5.51. The quantitative estimate of drug-likeness (QED) is 0.796. The molecule has 1 aromatic rings. The molecule has 0 radical (unpaired) electrons. The van der Waals surface area contributed by atoms with Gasteiger partial charge in [0.1, 0.15) is 0 Å². The summed E-state index contributed by atoms with van der Waals surface area (Å²) in [5, 5.41) is 11.1. The van der Waals surface area contributed by atoms with Gasteiger partial charge in [0.2, 0.25) is 0 Å². The van der Waals surface area contributed by atoms with Gasteiger partial charge < -0.3 is 5.11 Å². The van der Waals surface area contributed by atoms with Crippen molar-refractivity contribution in [1.82, 2.24) is 0 Å². The molecule has 3 heteroatoms. The molecule has 2 unspecified atom stereocenters. The Bertz CT molecular complexity index is 387. The highest BCUT2D eigenvalue weighted by atomic mass is 35.5. The van der Waals surface area contributed by atoms with Crippen molar-refractivity contribution in [1.29, 1.82) is 0 Å². The fourth-order valence-corrected chi connectivity index (χ4v) is 2.64. The highest BCUT2D eigenvalue weighted by Crippen LogP contribution is 2.54. The van der Waals surface area contributed by atoms with Crippen molar-refractivity contribution in [2.45, 2.75) is 32.3 Å². The molecule has 15 heavy (non-hydrogen) atoms. The number of benzene rings is 1. The number of aliphatic hydroxyl groups is 1. The van der Waals surface area contributed by atoms with Crippen LogP contribution in [0, 0.1) is 5.41 Å². The fraction of sp³-hybridized carbons (Fsp3) is 0.500. The normalized spacial score (nSPS) is 28.6. The first kappa shape index (κ1) is 11.3. The second-order valence-corrected chi connectivity index (χ2v) is 5.63. The zero-order valence-corrected chi connectivity index (χ0v) is 10.3. The summed E-state index contributed by atoms with van der Waals surface area (Å²) in [6.45, 7) is 4.12. The second kappa shape index (κ2) is 3.65. The Morgan fingerprint density at radius 1 is 1.33 bits per heavy atom. The molecule has 0 amide bonds. The van der Waals surface area contributed by atoms with Gasteiger partial charge in [-0.15, -0.1) is 0 Å². The van der Waals surface area contributed by atoms with Gasteiger partial charge in [0.25, 0.3) is 0 Å². The number of halogens is 2. The van der Waals surface area contributed by atoms with Crippen LogP contribution in [0.2, 0.25) is 10.0 Å². The van der Waals surface area contributed by atoms with Gasteiger partial charge in [-0.2, -0.15) is 0 Å². The SMILES string of the molecule is CC1(C)C(O)CC1c1cc(Cl)ccc1Cl. The molecular weight excluding hydrogens is 231 g/mol. The lowest BCUT2D eigenvalue weighted by molar-refractivity contribution is -0.0625. The lowest BCUT2D eigenvalue weighted by Gasteiger charge is -2.50. The third kappa shape index (κ3) is 1.77. The first-order chi connectivity index (χ1) is 6.93. The second-order valence-electron chi connectivity index (χ2n) is 4.79. The predicted molar refractivity (Wildman–Crippen MR) is 63.6 cm³/mol. The predicted octanol–water partition coefficient (Wildman–Crippen LogP) is 3.87. The topological polar surface area (TPSA) is 20.2 Å². The molecule has 2 atom stereocenters. The van der Waals surface area contributed by atoms with Crippen LogP contribution in [0.15, 0.2) is 18.2 Å². The van der Waals surface area contributed by atoms with E-state index in [0.29, 0.717) is 10.9 Å². The van der Waals surface area contributed by atoms with Crippen molar-refractivity contribution in [2.75, 3.05) is 0 Å². The van der Waals surface area contributed by atoms with Crippen molar-refractivity contribution in [3.8, 4) is 0 Å². The largest absolute Gasteiger partial charge is 0.393 e. The maximum atomic E-state index is 9.69. The molecule has 82 valence electrons. The van der Waals surface area contributed by atoms with Gasteiger partial charge in [0, 0.05) is 10.0 Å². The summed E-state index contributed by atoms with van der Waals surface area (Å²) >= 11 is 12.1. The molecule has 1 N–H and O–H groups in total. The Labute approximate surface area is 100 Å². The van der Waals surface area contributed by atoms with Crippen molar-refractivity contribution in [3.05, 3.63) is 33.8 Å². The molecule has 0 spiro atoms. The van der Waals surface area contributed by atoms with Crippen LogP contribution in [0.3, 0.4) is 0 Å². The van der Waals surface area contributed by atoms with E-state index in [4.69, 9.17) is 23.2 Å². The number of hydrogen-bond acceptors (Lipinski definition) is 1. The van der Waals surface area contributed by atoms with E-state index in [9.17, 15) is 5.11 Å². The van der Waals surface area contributed by atoms with Gasteiger partial charge in [0.15, 0.2) is 0 Å². The monoisotopic (exact) mass is 244 g/mol. The highest BCUT2D eigenvalue weighted by Gasteiger charge is 2.48. The van der Waals surface area contributed by atoms with E-state index in [1.807, 2.05) is 12.1 Å². The third-order valence-electron chi connectivity index (χ3n) is 3.55. The number of hydrogen-bond donors (Lipinski definition) is 1. The molecule has 0 saturated heterocycles. The first-order valence-corrected chi connectivity index (χ1v) is 5.81. The number of aliphatic hydroxyl groups excluding tert-OH is 1. The van der Waals surface area contributed by atoms with Gasteiger partial charge >= 0.3 is 0 Å². The maximum Gasteiger partial charge on any atom is 0.0603 e. The van der Waals surface area contributed by atoms with Gasteiger partial charge in [-0.05, 0) is 41.5 Å². The summed E-state index contributed by atoms with van der Waals surface area (Å²) < 4.78 is 0. The molecule has 0 bridgehead atoms. The molecule has 1 saturated carbocycles. The smallest absolute Gasteiger partial charge is 0.0603 e. The molecule has 1 aromatic carbocycles. The molecule has 2 rings (SSSR count). The minimum absolute atomic E-state index is 0.103. The van der Waals surface area contributed by atoms with Gasteiger partial charge in [-0.1, -0.05) is 37.0 Å². The van der Waals surface area contributed by atoms with E-state index >= 15 is 0 Å². The van der Waals surface area contributed by atoms with Crippen LogP contribution in [-0.2, 0) is 0 Å². The number of rotatable bonds is 1. The van der Waals surface area contributed by atoms with Crippen LogP contribution in [-0.4, -0.2) is 11.2 Å². The standard InChI is InChI=1S/C12H14Cl2O/c1-12(2)9(6-11(12)15)8-5-7(13)3-4-10(8)14/h3-5,9,11,15H,6H2,1-2H3. The molecule has 1 aliphatic rings. The van der Waals surface area contributed by atoms with Crippen LogP contribution in [0.1, 0.15) is 31.7 Å². The summed E-state index contributed by atoms with van der Waals surface area (Å²) in [5.41, 5.74) is 0.952. The zero-order chi connectivity index (χ0) is 11.2. The maximum absolute atomic E-state index is 9.69.